The molecule has 0 radical (unpaired) electrons. The van der Waals surface area contributed by atoms with Crippen molar-refractivity contribution < 1.29 is 19.1 Å². The van der Waals surface area contributed by atoms with Crippen LogP contribution in [0.4, 0.5) is 11.4 Å². The monoisotopic (exact) mass is 340 g/mol. The van der Waals surface area contributed by atoms with Gasteiger partial charge in [0.05, 0.1) is 5.69 Å². The third kappa shape index (κ3) is 3.74. The normalized spacial score (nSPS) is 14.8. The lowest BCUT2D eigenvalue weighted by molar-refractivity contribution is -0.129. The molecule has 1 aliphatic rings. The second-order valence-electron chi connectivity index (χ2n) is 6.40. The van der Waals surface area contributed by atoms with Crippen molar-refractivity contribution in [3.05, 3.63) is 48.0 Å². The average Bonchev–Trinajstić information content (AvgIpc) is 2.56. The summed E-state index contributed by atoms with van der Waals surface area (Å²) in [6.07, 6.45) is 0. The molecule has 6 nitrogen and oxygen atoms in total. The molecule has 1 aliphatic heterocycles. The van der Waals surface area contributed by atoms with Crippen LogP contribution >= 0.6 is 0 Å². The van der Waals surface area contributed by atoms with Crippen molar-refractivity contribution in [3.63, 3.8) is 0 Å². The first-order valence-corrected chi connectivity index (χ1v) is 7.98. The van der Waals surface area contributed by atoms with Gasteiger partial charge in [0.25, 0.3) is 11.8 Å². The molecule has 0 aliphatic carbocycles. The van der Waals surface area contributed by atoms with Gasteiger partial charge < -0.3 is 20.1 Å². The minimum Gasteiger partial charge on any atom is -0.484 e. The summed E-state index contributed by atoms with van der Waals surface area (Å²) >= 11 is 0. The molecule has 0 saturated heterocycles. The van der Waals surface area contributed by atoms with Gasteiger partial charge in [0.2, 0.25) is 0 Å². The lowest BCUT2D eigenvalue weighted by Crippen LogP contribution is -2.45. The highest BCUT2D eigenvalue weighted by Crippen LogP contribution is 2.38. The first kappa shape index (κ1) is 16.8. The van der Waals surface area contributed by atoms with Gasteiger partial charge in [0, 0.05) is 0 Å². The van der Waals surface area contributed by atoms with Crippen molar-refractivity contribution in [2.24, 2.45) is 0 Å². The molecule has 2 aromatic carbocycles. The van der Waals surface area contributed by atoms with Crippen LogP contribution in [-0.4, -0.2) is 24.0 Å². The summed E-state index contributed by atoms with van der Waals surface area (Å²) in [5.41, 5.74) is 1.09. The molecule has 0 fully saturated rings. The number of fused-ring (bicyclic) bond motifs is 1. The summed E-state index contributed by atoms with van der Waals surface area (Å²) in [5.74, 6) is 0.543. The Morgan fingerprint density at radius 2 is 1.92 bits per heavy atom. The zero-order valence-electron chi connectivity index (χ0n) is 14.4. The Morgan fingerprint density at radius 3 is 2.64 bits per heavy atom. The zero-order valence-corrected chi connectivity index (χ0v) is 14.4. The highest BCUT2D eigenvalue weighted by molar-refractivity contribution is 6.06. The van der Waals surface area contributed by atoms with E-state index in [-0.39, 0.29) is 18.4 Å². The summed E-state index contributed by atoms with van der Waals surface area (Å²) in [4.78, 5) is 24.2. The number of nitrogens with one attached hydrogen (secondary N) is 2. The van der Waals surface area contributed by atoms with Crippen molar-refractivity contribution >= 4 is 23.2 Å². The maximum Gasteiger partial charge on any atom is 0.268 e. The minimum absolute atomic E-state index is 0.132. The SMILES string of the molecule is Cc1ccc(OCC(=O)Nc2cccc3c2NC(=O)C(C)(C)O3)cc1. The van der Waals surface area contributed by atoms with E-state index in [4.69, 9.17) is 9.47 Å². The number of hydrogen-bond donors (Lipinski definition) is 2. The van der Waals surface area contributed by atoms with E-state index in [1.807, 2.05) is 31.2 Å². The number of para-hydroxylation sites is 1. The average molecular weight is 340 g/mol. The van der Waals surface area contributed by atoms with E-state index in [2.05, 4.69) is 10.6 Å². The quantitative estimate of drug-likeness (QED) is 0.896. The Hall–Kier alpha value is -3.02. The molecule has 130 valence electrons. The van der Waals surface area contributed by atoms with Gasteiger partial charge in [0.1, 0.15) is 17.2 Å². The van der Waals surface area contributed by atoms with Crippen molar-refractivity contribution in [2.45, 2.75) is 26.4 Å². The molecule has 0 spiro atoms. The molecule has 0 aromatic heterocycles. The van der Waals surface area contributed by atoms with Crippen molar-refractivity contribution in [3.8, 4) is 11.5 Å². The van der Waals surface area contributed by atoms with Gasteiger partial charge >= 0.3 is 0 Å². The van der Waals surface area contributed by atoms with E-state index >= 15 is 0 Å². The third-order valence-electron chi connectivity index (χ3n) is 3.84. The zero-order chi connectivity index (χ0) is 18.0. The Morgan fingerprint density at radius 1 is 1.20 bits per heavy atom. The molecular weight excluding hydrogens is 320 g/mol. The first-order valence-electron chi connectivity index (χ1n) is 7.98. The van der Waals surface area contributed by atoms with E-state index in [9.17, 15) is 9.59 Å². The lowest BCUT2D eigenvalue weighted by Gasteiger charge is -2.32. The molecule has 2 aromatic rings. The van der Waals surface area contributed by atoms with E-state index in [0.717, 1.165) is 5.56 Å². The van der Waals surface area contributed by atoms with E-state index in [1.165, 1.54) is 0 Å². The highest BCUT2D eigenvalue weighted by atomic mass is 16.5. The van der Waals surface area contributed by atoms with Crippen molar-refractivity contribution in [2.75, 3.05) is 17.2 Å². The molecule has 2 N–H and O–H groups in total. The molecule has 0 saturated carbocycles. The van der Waals surface area contributed by atoms with Gasteiger partial charge in [-0.05, 0) is 45.0 Å². The number of ether oxygens (including phenoxy) is 2. The molecule has 25 heavy (non-hydrogen) atoms. The summed E-state index contributed by atoms with van der Waals surface area (Å²) in [6, 6.07) is 12.6. The van der Waals surface area contributed by atoms with Crippen molar-refractivity contribution in [1.29, 1.82) is 0 Å². The topological polar surface area (TPSA) is 76.7 Å². The molecule has 3 rings (SSSR count). The Kier molecular flexibility index (Phi) is 4.35. The number of hydrogen-bond acceptors (Lipinski definition) is 4. The van der Waals surface area contributed by atoms with E-state index in [1.54, 1.807) is 32.0 Å². The fraction of sp³-hybridized carbons (Fsp3) is 0.263. The van der Waals surface area contributed by atoms with Gasteiger partial charge in [-0.15, -0.1) is 0 Å². The van der Waals surface area contributed by atoms with Gasteiger partial charge in [-0.1, -0.05) is 23.8 Å². The van der Waals surface area contributed by atoms with Gasteiger partial charge in [-0.25, -0.2) is 0 Å². The summed E-state index contributed by atoms with van der Waals surface area (Å²) < 4.78 is 11.2. The smallest absolute Gasteiger partial charge is 0.268 e. The van der Waals surface area contributed by atoms with Crippen LogP contribution in [-0.2, 0) is 9.59 Å². The summed E-state index contributed by atoms with van der Waals surface area (Å²) in [6.45, 7) is 5.22. The fourth-order valence-corrected chi connectivity index (χ4v) is 2.40. The molecular formula is C19H20N2O4. The fourth-order valence-electron chi connectivity index (χ4n) is 2.40. The van der Waals surface area contributed by atoms with Gasteiger partial charge in [-0.2, -0.15) is 0 Å². The second kappa shape index (κ2) is 6.47. The van der Waals surface area contributed by atoms with Gasteiger partial charge in [-0.3, -0.25) is 9.59 Å². The first-order chi connectivity index (χ1) is 11.8. The molecule has 6 heteroatoms. The number of anilines is 2. The maximum absolute atomic E-state index is 12.2. The van der Waals surface area contributed by atoms with E-state index in [0.29, 0.717) is 22.9 Å². The van der Waals surface area contributed by atoms with Crippen LogP contribution < -0.4 is 20.1 Å². The predicted octanol–water partition coefficient (Wildman–Crippen LogP) is 3.12. The summed E-state index contributed by atoms with van der Waals surface area (Å²) in [5, 5.41) is 5.53. The van der Waals surface area contributed by atoms with Crippen LogP contribution in [0.15, 0.2) is 42.5 Å². The predicted molar refractivity (Wildman–Crippen MR) is 95.1 cm³/mol. The molecule has 0 unspecified atom stereocenters. The van der Waals surface area contributed by atoms with Crippen LogP contribution in [0.5, 0.6) is 11.5 Å². The van der Waals surface area contributed by atoms with Crippen molar-refractivity contribution in [1.82, 2.24) is 0 Å². The number of benzene rings is 2. The molecule has 1 heterocycles. The van der Waals surface area contributed by atoms with Gasteiger partial charge in [0.15, 0.2) is 12.2 Å². The highest BCUT2D eigenvalue weighted by Gasteiger charge is 2.36. The summed E-state index contributed by atoms with van der Waals surface area (Å²) in [7, 11) is 0. The van der Waals surface area contributed by atoms with E-state index < -0.39 is 5.60 Å². The maximum atomic E-state index is 12.2. The third-order valence-corrected chi connectivity index (χ3v) is 3.84. The van der Waals surface area contributed by atoms with Crippen LogP contribution in [0.2, 0.25) is 0 Å². The van der Waals surface area contributed by atoms with Crippen LogP contribution in [0, 0.1) is 6.92 Å². The number of rotatable bonds is 4. The molecule has 0 atom stereocenters. The Bertz CT molecular complexity index is 813. The Labute approximate surface area is 146 Å². The number of amides is 2. The minimum atomic E-state index is -0.954. The van der Waals surface area contributed by atoms with Crippen LogP contribution in [0.1, 0.15) is 19.4 Å². The standard InChI is InChI=1S/C19H20N2O4/c1-12-7-9-13(10-8-12)24-11-16(22)20-14-5-4-6-15-17(14)21-18(23)19(2,3)25-15/h4-10H,11H2,1-3H3,(H,20,22)(H,21,23). The Balaban J connectivity index is 1.68. The second-order valence-corrected chi connectivity index (χ2v) is 6.40. The van der Waals surface area contributed by atoms with Crippen LogP contribution in [0.25, 0.3) is 0 Å². The number of carbonyl (C=O) groups excluding carboxylic acids is 2. The molecule has 0 bridgehead atoms. The van der Waals surface area contributed by atoms with Crippen LogP contribution in [0.3, 0.4) is 0 Å². The lowest BCUT2D eigenvalue weighted by atomic mass is 10.1. The molecule has 2 amide bonds. The largest absolute Gasteiger partial charge is 0.484 e. The number of carbonyl (C=O) groups is 2. The number of aryl methyl sites for hydroxylation is 1.